The van der Waals surface area contributed by atoms with Crippen LogP contribution in [0.3, 0.4) is 0 Å². The minimum absolute atomic E-state index is 0.0434. The molecule has 0 radical (unpaired) electrons. The maximum atomic E-state index is 13.7. The molecule has 6 aliphatic heterocycles. The van der Waals surface area contributed by atoms with Gasteiger partial charge in [-0.2, -0.15) is 5.26 Å². The minimum Gasteiger partial charge on any atom is -0.371 e. The van der Waals surface area contributed by atoms with E-state index in [1.165, 1.54) is 0 Å². The van der Waals surface area contributed by atoms with Gasteiger partial charge in [-0.05, 0) is 106 Å². The third-order valence-corrected chi connectivity index (χ3v) is 14.2. The standard InChI is InChI=1S/C46H51ClN8O6/c1-3-61-46(28-53(29-46)34-10-11-36-37(22-34)44(60)55(43(36)59)39-12-13-40(56)49-41(39)57)27-50-18-20-52(21-19-50)42(58)31-4-7-33(8-5-31)51-16-14-45(15-17-51)24-30(2)54(26-45)35-9-6-32(25-48)38(47)23-35/h4-11,22-23,30,39H,3,12-21,24,26-29H2,1-2H3,(H,49,56,57). The number of halogens is 1. The molecule has 61 heavy (non-hydrogen) atoms. The van der Waals surface area contributed by atoms with Crippen molar-refractivity contribution in [2.75, 3.05) is 86.8 Å². The monoisotopic (exact) mass is 846 g/mol. The highest BCUT2D eigenvalue weighted by atomic mass is 35.5. The first-order valence-electron chi connectivity index (χ1n) is 21.5. The van der Waals surface area contributed by atoms with E-state index >= 15 is 0 Å². The fourth-order valence-electron chi connectivity index (χ4n) is 10.6. The van der Waals surface area contributed by atoms with Crippen molar-refractivity contribution in [2.45, 2.75) is 63.6 Å². The second-order valence-corrected chi connectivity index (χ2v) is 18.1. The quantitative estimate of drug-likeness (QED) is 0.303. The van der Waals surface area contributed by atoms with Gasteiger partial charge >= 0.3 is 0 Å². The fraction of sp³-hybridized carbons (Fsp3) is 0.478. The third-order valence-electron chi connectivity index (χ3n) is 13.8. The van der Waals surface area contributed by atoms with Gasteiger partial charge in [0.1, 0.15) is 17.7 Å². The van der Waals surface area contributed by atoms with Crippen LogP contribution in [0.2, 0.25) is 5.02 Å². The summed E-state index contributed by atoms with van der Waals surface area (Å²) in [6.07, 6.45) is 3.50. The molecule has 0 aromatic heterocycles. The van der Waals surface area contributed by atoms with Crippen LogP contribution in [0.15, 0.2) is 60.7 Å². The lowest BCUT2D eigenvalue weighted by Crippen LogP contribution is -2.69. The number of piperazine rings is 1. The van der Waals surface area contributed by atoms with Gasteiger partial charge in [-0.25, -0.2) is 0 Å². The number of carbonyl (C=O) groups excluding carboxylic acids is 5. The van der Waals surface area contributed by atoms with E-state index in [0.717, 1.165) is 73.9 Å². The highest BCUT2D eigenvalue weighted by molar-refractivity contribution is 6.32. The number of rotatable bonds is 9. The van der Waals surface area contributed by atoms with Crippen molar-refractivity contribution >= 4 is 58.2 Å². The zero-order valence-corrected chi connectivity index (χ0v) is 35.5. The van der Waals surface area contributed by atoms with E-state index < -0.39 is 35.3 Å². The van der Waals surface area contributed by atoms with Gasteiger partial charge in [-0.15, -0.1) is 0 Å². The van der Waals surface area contributed by atoms with E-state index in [1.54, 1.807) is 12.1 Å². The number of carbonyl (C=O) groups is 5. The molecule has 9 rings (SSSR count). The second-order valence-electron chi connectivity index (χ2n) is 17.7. The van der Waals surface area contributed by atoms with Crippen molar-refractivity contribution in [2.24, 2.45) is 5.41 Å². The Bertz CT molecular complexity index is 2310. The summed E-state index contributed by atoms with van der Waals surface area (Å²) in [5.41, 5.74) is 4.56. The maximum Gasteiger partial charge on any atom is 0.262 e. The Balaban J connectivity index is 0.754. The van der Waals surface area contributed by atoms with Crippen LogP contribution >= 0.6 is 11.6 Å². The number of ether oxygens (including phenoxy) is 1. The van der Waals surface area contributed by atoms with Crippen molar-refractivity contribution in [3.8, 4) is 6.07 Å². The Morgan fingerprint density at radius 2 is 1.54 bits per heavy atom. The van der Waals surface area contributed by atoms with Crippen LogP contribution in [-0.4, -0.2) is 134 Å². The van der Waals surface area contributed by atoms with E-state index in [1.807, 2.05) is 48.2 Å². The zero-order valence-electron chi connectivity index (χ0n) is 34.7. The molecule has 5 fully saturated rings. The molecule has 15 heteroatoms. The lowest BCUT2D eigenvalue weighted by molar-refractivity contribution is -0.136. The molecular formula is C46H51ClN8O6. The first-order valence-corrected chi connectivity index (χ1v) is 21.8. The summed E-state index contributed by atoms with van der Waals surface area (Å²) in [5.74, 6) is -2.03. The molecular weight excluding hydrogens is 796 g/mol. The number of benzene rings is 3. The maximum absolute atomic E-state index is 13.7. The molecule has 1 N–H and O–H groups in total. The third kappa shape index (κ3) is 7.61. The SMILES string of the molecule is CCOC1(CN2CCN(C(=O)c3ccc(N4CCC5(CC4)CC(C)N(c4ccc(C#N)c(Cl)c4)C5)cc3)CC2)CN(c2ccc3c(c2)C(=O)N(C2CCC(=O)NC2=O)C3=O)C1. The van der Waals surface area contributed by atoms with Crippen LogP contribution in [0.1, 0.15) is 82.6 Å². The molecule has 0 bridgehead atoms. The first-order chi connectivity index (χ1) is 29.4. The summed E-state index contributed by atoms with van der Waals surface area (Å²) in [7, 11) is 0. The van der Waals surface area contributed by atoms with Gasteiger partial charge in [0.05, 0.1) is 34.8 Å². The Hall–Kier alpha value is -5.49. The number of hydrogen-bond acceptors (Lipinski definition) is 11. The van der Waals surface area contributed by atoms with Crippen LogP contribution < -0.4 is 20.0 Å². The molecule has 318 valence electrons. The normalized spacial score (nSPS) is 23.6. The van der Waals surface area contributed by atoms with Crippen molar-refractivity contribution in [3.63, 3.8) is 0 Å². The van der Waals surface area contributed by atoms with Crippen molar-refractivity contribution < 1.29 is 28.7 Å². The Labute approximate surface area is 360 Å². The van der Waals surface area contributed by atoms with Gasteiger partial charge in [0, 0.05) is 94.1 Å². The van der Waals surface area contributed by atoms with Gasteiger partial charge in [0.15, 0.2) is 0 Å². The van der Waals surface area contributed by atoms with Crippen molar-refractivity contribution in [1.29, 1.82) is 5.26 Å². The second kappa shape index (κ2) is 16.1. The predicted octanol–water partition coefficient (Wildman–Crippen LogP) is 4.55. The molecule has 0 aliphatic carbocycles. The molecule has 6 heterocycles. The summed E-state index contributed by atoms with van der Waals surface area (Å²) in [6.45, 7) is 12.3. The Kier molecular flexibility index (Phi) is 10.8. The number of hydrogen-bond donors (Lipinski definition) is 1. The largest absolute Gasteiger partial charge is 0.371 e. The average molecular weight is 847 g/mol. The molecule has 0 saturated carbocycles. The number of nitriles is 1. The number of fused-ring (bicyclic) bond motifs is 1. The summed E-state index contributed by atoms with van der Waals surface area (Å²) in [6, 6.07) is 20.6. The van der Waals surface area contributed by atoms with E-state index in [-0.39, 0.29) is 35.3 Å². The molecule has 6 aliphatic rings. The number of amides is 5. The Morgan fingerprint density at radius 3 is 2.21 bits per heavy atom. The molecule has 2 atom stereocenters. The molecule has 3 aromatic rings. The zero-order chi connectivity index (χ0) is 42.6. The van der Waals surface area contributed by atoms with Crippen molar-refractivity contribution in [1.82, 2.24) is 20.0 Å². The summed E-state index contributed by atoms with van der Waals surface area (Å²) in [5, 5.41) is 12.0. The van der Waals surface area contributed by atoms with Gasteiger partial charge in [-0.1, -0.05) is 11.6 Å². The molecule has 3 aromatic carbocycles. The average Bonchev–Trinajstić information content (AvgIpc) is 3.70. The van der Waals surface area contributed by atoms with Crippen LogP contribution in [0.4, 0.5) is 17.1 Å². The van der Waals surface area contributed by atoms with E-state index in [0.29, 0.717) is 61.5 Å². The number of nitrogens with zero attached hydrogens (tertiary/aromatic N) is 7. The van der Waals surface area contributed by atoms with Gasteiger partial charge in [0.2, 0.25) is 11.8 Å². The highest BCUT2D eigenvalue weighted by Gasteiger charge is 2.49. The van der Waals surface area contributed by atoms with Crippen LogP contribution in [0.25, 0.3) is 0 Å². The highest BCUT2D eigenvalue weighted by Crippen LogP contribution is 2.46. The molecule has 2 unspecified atom stereocenters. The summed E-state index contributed by atoms with van der Waals surface area (Å²) < 4.78 is 6.35. The van der Waals surface area contributed by atoms with Crippen molar-refractivity contribution in [3.05, 3.63) is 87.9 Å². The topological polar surface area (TPSA) is 150 Å². The number of nitrogens with one attached hydrogen (secondary N) is 1. The number of piperidine rings is 2. The van der Waals surface area contributed by atoms with Gasteiger partial charge in [-0.3, -0.25) is 39.1 Å². The van der Waals surface area contributed by atoms with E-state index in [9.17, 15) is 29.2 Å². The molecule has 5 saturated heterocycles. The molecule has 1 spiro atoms. The fourth-order valence-corrected chi connectivity index (χ4v) is 10.8. The van der Waals surface area contributed by atoms with Crippen LogP contribution in [0, 0.1) is 16.7 Å². The van der Waals surface area contributed by atoms with Crippen LogP contribution in [-0.2, 0) is 14.3 Å². The van der Waals surface area contributed by atoms with Crippen LogP contribution in [0.5, 0.6) is 0 Å². The Morgan fingerprint density at radius 1 is 0.852 bits per heavy atom. The smallest absolute Gasteiger partial charge is 0.262 e. The number of imide groups is 2. The molecule has 5 amide bonds. The van der Waals surface area contributed by atoms with Gasteiger partial charge < -0.3 is 24.3 Å². The number of anilines is 3. The molecule has 14 nitrogen and oxygen atoms in total. The first kappa shape index (κ1) is 40.9. The lowest BCUT2D eigenvalue weighted by atomic mass is 9.76. The summed E-state index contributed by atoms with van der Waals surface area (Å²) >= 11 is 6.38. The minimum atomic E-state index is -1.00. The van der Waals surface area contributed by atoms with E-state index in [2.05, 4.69) is 50.0 Å². The predicted molar refractivity (Wildman–Crippen MR) is 230 cm³/mol. The summed E-state index contributed by atoms with van der Waals surface area (Å²) in [4.78, 5) is 76.7. The van der Waals surface area contributed by atoms with E-state index in [4.69, 9.17) is 16.3 Å². The lowest BCUT2D eigenvalue weighted by Gasteiger charge is -2.53. The van der Waals surface area contributed by atoms with Gasteiger partial charge in [0.25, 0.3) is 17.7 Å².